The van der Waals surface area contributed by atoms with E-state index in [1.807, 2.05) is 54.6 Å². The summed E-state index contributed by atoms with van der Waals surface area (Å²) < 4.78 is 0. The molecule has 0 saturated carbocycles. The number of thiocarbonyl (C=S) groups is 1. The molecule has 0 amide bonds. The van der Waals surface area contributed by atoms with Crippen LogP contribution >= 0.6 is 12.2 Å². The number of benzene rings is 3. The minimum absolute atomic E-state index is 0.502. The van der Waals surface area contributed by atoms with Crippen molar-refractivity contribution >= 4 is 40.9 Å². The summed E-state index contributed by atoms with van der Waals surface area (Å²) in [4.78, 5) is 0. The summed E-state index contributed by atoms with van der Waals surface area (Å²) >= 11 is 5.33. The molecular weight excluding hydrogens is 338 g/mol. The molecule has 0 aliphatic rings. The highest BCUT2D eigenvalue weighted by Gasteiger charge is 1.99. The van der Waals surface area contributed by atoms with Gasteiger partial charge in [0.1, 0.15) is 0 Å². The highest BCUT2D eigenvalue weighted by molar-refractivity contribution is 7.80. The summed E-state index contributed by atoms with van der Waals surface area (Å²) in [6.07, 6.45) is 4.16. The monoisotopic (exact) mass is 355 g/mol. The van der Waals surface area contributed by atoms with E-state index in [1.54, 1.807) is 12.1 Å². The van der Waals surface area contributed by atoms with Crippen molar-refractivity contribution in [1.82, 2.24) is 0 Å². The number of nitriles is 1. The van der Waals surface area contributed by atoms with Crippen LogP contribution in [0.25, 0.3) is 12.2 Å². The maximum atomic E-state index is 8.82. The fraction of sp³-hybridized carbons (Fsp3) is 0. The number of nitrogens with one attached hydrogen (secondary N) is 2. The Morgan fingerprint density at radius 3 is 1.77 bits per heavy atom. The topological polar surface area (TPSA) is 47.9 Å². The van der Waals surface area contributed by atoms with Crippen molar-refractivity contribution in [2.45, 2.75) is 0 Å². The SMILES string of the molecule is N#Cc1ccc(NC(=S)Nc2ccc(/C=C/c3ccccc3)cc2)cc1. The van der Waals surface area contributed by atoms with Crippen molar-refractivity contribution in [3.05, 3.63) is 95.6 Å². The molecule has 0 bridgehead atoms. The lowest BCUT2D eigenvalue weighted by molar-refractivity contribution is 1.48. The summed E-state index contributed by atoms with van der Waals surface area (Å²) in [7, 11) is 0. The average molecular weight is 355 g/mol. The van der Waals surface area contributed by atoms with Crippen LogP contribution < -0.4 is 10.6 Å². The van der Waals surface area contributed by atoms with Crippen LogP contribution in [0.15, 0.2) is 78.9 Å². The van der Waals surface area contributed by atoms with E-state index in [0.29, 0.717) is 10.7 Å². The molecule has 0 saturated heterocycles. The quantitative estimate of drug-likeness (QED) is 0.477. The van der Waals surface area contributed by atoms with Gasteiger partial charge in [-0.1, -0.05) is 54.6 Å². The normalized spacial score (nSPS) is 10.3. The molecular formula is C22H17N3S. The number of rotatable bonds is 4. The zero-order chi connectivity index (χ0) is 18.2. The van der Waals surface area contributed by atoms with Crippen LogP contribution in [0, 0.1) is 11.3 Å². The molecule has 0 heterocycles. The standard InChI is InChI=1S/C22H17N3S/c23-16-19-10-14-21(15-11-19)25-22(26)24-20-12-8-18(9-13-20)7-6-17-4-2-1-3-5-17/h1-15H,(H2,24,25,26)/b7-6+. The second-order valence-corrected chi connectivity index (χ2v) is 6.04. The third kappa shape index (κ3) is 5.04. The number of anilines is 2. The second-order valence-electron chi connectivity index (χ2n) is 5.63. The van der Waals surface area contributed by atoms with E-state index in [4.69, 9.17) is 17.5 Å². The average Bonchev–Trinajstić information content (AvgIpc) is 2.69. The lowest BCUT2D eigenvalue weighted by Gasteiger charge is -2.10. The second kappa shape index (κ2) is 8.61. The first-order chi connectivity index (χ1) is 12.7. The molecule has 0 unspecified atom stereocenters. The molecule has 4 heteroatoms. The molecule has 26 heavy (non-hydrogen) atoms. The lowest BCUT2D eigenvalue weighted by Crippen LogP contribution is -2.18. The summed E-state index contributed by atoms with van der Waals surface area (Å²) in [5.41, 5.74) is 4.65. The molecule has 0 spiro atoms. The van der Waals surface area contributed by atoms with Crippen LogP contribution in [0.1, 0.15) is 16.7 Å². The van der Waals surface area contributed by atoms with E-state index < -0.39 is 0 Å². The smallest absolute Gasteiger partial charge is 0.175 e. The third-order valence-electron chi connectivity index (χ3n) is 3.71. The van der Waals surface area contributed by atoms with Gasteiger partial charge in [-0.2, -0.15) is 5.26 Å². The molecule has 0 fully saturated rings. The Bertz CT molecular complexity index is 937. The first-order valence-electron chi connectivity index (χ1n) is 8.14. The molecule has 2 N–H and O–H groups in total. The maximum Gasteiger partial charge on any atom is 0.175 e. The van der Waals surface area contributed by atoms with Crippen LogP contribution in [0.5, 0.6) is 0 Å². The Morgan fingerprint density at radius 1 is 0.731 bits per heavy atom. The molecule has 3 aromatic carbocycles. The molecule has 0 atom stereocenters. The Kier molecular flexibility index (Phi) is 5.76. The van der Waals surface area contributed by atoms with E-state index in [2.05, 4.69) is 41.0 Å². The highest BCUT2D eigenvalue weighted by atomic mass is 32.1. The molecule has 126 valence electrons. The molecule has 3 aromatic rings. The van der Waals surface area contributed by atoms with E-state index >= 15 is 0 Å². The minimum atomic E-state index is 0.502. The van der Waals surface area contributed by atoms with E-state index in [-0.39, 0.29) is 0 Å². The van der Waals surface area contributed by atoms with Gasteiger partial charge in [0.05, 0.1) is 11.6 Å². The predicted octanol–water partition coefficient (Wildman–Crippen LogP) is 5.54. The van der Waals surface area contributed by atoms with Crippen molar-refractivity contribution in [1.29, 1.82) is 5.26 Å². The van der Waals surface area contributed by atoms with Gasteiger partial charge in [0, 0.05) is 11.4 Å². The molecule has 0 aliphatic heterocycles. The summed E-state index contributed by atoms with van der Waals surface area (Å²) in [5.74, 6) is 0. The van der Waals surface area contributed by atoms with Gasteiger partial charge in [-0.3, -0.25) is 0 Å². The molecule has 0 radical (unpaired) electrons. The fourth-order valence-corrected chi connectivity index (χ4v) is 2.59. The van der Waals surface area contributed by atoms with Crippen LogP contribution in [-0.4, -0.2) is 5.11 Å². The van der Waals surface area contributed by atoms with Crippen LogP contribution in [0.4, 0.5) is 11.4 Å². The lowest BCUT2D eigenvalue weighted by atomic mass is 10.1. The van der Waals surface area contributed by atoms with Gasteiger partial charge in [-0.25, -0.2) is 0 Å². The molecule has 0 aromatic heterocycles. The highest BCUT2D eigenvalue weighted by Crippen LogP contribution is 2.14. The van der Waals surface area contributed by atoms with Crippen molar-refractivity contribution in [2.75, 3.05) is 10.6 Å². The summed E-state index contributed by atoms with van der Waals surface area (Å²) in [6, 6.07) is 27.5. The number of hydrogen-bond acceptors (Lipinski definition) is 2. The Morgan fingerprint density at radius 2 is 1.23 bits per heavy atom. The van der Waals surface area contributed by atoms with Gasteiger partial charge in [-0.15, -0.1) is 0 Å². The molecule has 0 aliphatic carbocycles. The van der Waals surface area contributed by atoms with Gasteiger partial charge >= 0.3 is 0 Å². The maximum absolute atomic E-state index is 8.82. The van der Waals surface area contributed by atoms with Gasteiger partial charge in [0.2, 0.25) is 0 Å². The first-order valence-corrected chi connectivity index (χ1v) is 8.55. The predicted molar refractivity (Wildman–Crippen MR) is 113 cm³/mol. The summed E-state index contributed by atoms with van der Waals surface area (Å²) in [5, 5.41) is 15.6. The third-order valence-corrected chi connectivity index (χ3v) is 3.91. The van der Waals surface area contributed by atoms with E-state index in [1.165, 1.54) is 5.56 Å². The van der Waals surface area contributed by atoms with Crippen LogP contribution in [0.3, 0.4) is 0 Å². The van der Waals surface area contributed by atoms with Crippen molar-refractivity contribution in [3.8, 4) is 6.07 Å². The van der Waals surface area contributed by atoms with Crippen LogP contribution in [-0.2, 0) is 0 Å². The van der Waals surface area contributed by atoms with Gasteiger partial charge < -0.3 is 10.6 Å². The van der Waals surface area contributed by atoms with Gasteiger partial charge in [-0.05, 0) is 59.7 Å². The number of hydrogen-bond donors (Lipinski definition) is 2. The Hall–Kier alpha value is -3.42. The minimum Gasteiger partial charge on any atom is -0.332 e. The fourth-order valence-electron chi connectivity index (χ4n) is 2.36. The number of nitrogens with zero attached hydrogens (tertiary/aromatic N) is 1. The van der Waals surface area contributed by atoms with Crippen molar-refractivity contribution < 1.29 is 0 Å². The molecule has 3 nitrogen and oxygen atoms in total. The van der Waals surface area contributed by atoms with Crippen molar-refractivity contribution in [3.63, 3.8) is 0 Å². The summed E-state index contributed by atoms with van der Waals surface area (Å²) in [6.45, 7) is 0. The Labute approximate surface area is 158 Å². The zero-order valence-corrected chi connectivity index (χ0v) is 14.8. The van der Waals surface area contributed by atoms with Gasteiger partial charge in [0.15, 0.2) is 5.11 Å². The first kappa shape index (κ1) is 17.4. The molecule has 3 rings (SSSR count). The Balaban J connectivity index is 1.57. The van der Waals surface area contributed by atoms with E-state index in [9.17, 15) is 0 Å². The van der Waals surface area contributed by atoms with Crippen molar-refractivity contribution in [2.24, 2.45) is 0 Å². The largest absolute Gasteiger partial charge is 0.332 e. The zero-order valence-electron chi connectivity index (χ0n) is 14.0. The van der Waals surface area contributed by atoms with Gasteiger partial charge in [0.25, 0.3) is 0 Å². The van der Waals surface area contributed by atoms with Crippen LogP contribution in [0.2, 0.25) is 0 Å². The van der Waals surface area contributed by atoms with E-state index in [0.717, 1.165) is 16.9 Å².